The van der Waals surface area contributed by atoms with Gasteiger partial charge in [0.1, 0.15) is 21.7 Å². The Hall–Kier alpha value is -3.34. The third kappa shape index (κ3) is 8.58. The van der Waals surface area contributed by atoms with Crippen LogP contribution in [-0.4, -0.2) is 33.3 Å². The zero-order valence-electron chi connectivity index (χ0n) is 22.9. The minimum absolute atomic E-state index is 0.0846. The molecule has 3 aromatic rings. The Bertz CT molecular complexity index is 1740. The van der Waals surface area contributed by atoms with Gasteiger partial charge in [-0.3, -0.25) is 14.4 Å². The lowest BCUT2D eigenvalue weighted by molar-refractivity contribution is -0.140. The highest BCUT2D eigenvalue weighted by Crippen LogP contribution is 2.65. The van der Waals surface area contributed by atoms with E-state index in [4.69, 9.17) is 34.8 Å². The molecule has 3 N–H and O–H groups in total. The van der Waals surface area contributed by atoms with E-state index in [1.165, 1.54) is 6.07 Å². The van der Waals surface area contributed by atoms with Crippen molar-refractivity contribution in [2.24, 2.45) is 5.92 Å². The third-order valence-electron chi connectivity index (χ3n) is 6.67. The molecule has 1 saturated carbocycles. The van der Waals surface area contributed by atoms with Crippen LogP contribution in [0.15, 0.2) is 48.5 Å². The molecule has 252 valence electrons. The number of benzene rings is 3. The monoisotopic (exact) mass is 751 g/mol. The van der Waals surface area contributed by atoms with E-state index >= 15 is 4.39 Å². The second-order valence-electron chi connectivity index (χ2n) is 9.88. The van der Waals surface area contributed by atoms with Gasteiger partial charge in [0.05, 0.1) is 27.8 Å². The van der Waals surface area contributed by atoms with Gasteiger partial charge < -0.3 is 16.0 Å². The largest absolute Gasteiger partial charge is 0.441 e. The molecule has 0 radical (unpaired) electrons. The molecule has 3 aromatic carbocycles. The van der Waals surface area contributed by atoms with Gasteiger partial charge >= 0.3 is 11.7 Å². The van der Waals surface area contributed by atoms with Crippen LogP contribution in [0.2, 0.25) is 5.02 Å². The van der Waals surface area contributed by atoms with Crippen LogP contribution in [0.25, 0.3) is 0 Å². The Morgan fingerprint density at radius 1 is 0.851 bits per heavy atom. The fourth-order valence-electron chi connectivity index (χ4n) is 4.43. The Morgan fingerprint density at radius 2 is 1.51 bits per heavy atom. The summed E-state index contributed by atoms with van der Waals surface area (Å²) in [4.78, 5) is 37.9. The molecule has 0 saturated heterocycles. The van der Waals surface area contributed by atoms with Crippen LogP contribution in [0.1, 0.15) is 33.8 Å². The van der Waals surface area contributed by atoms with Crippen molar-refractivity contribution in [3.8, 4) is 0 Å². The van der Waals surface area contributed by atoms with E-state index in [0.29, 0.717) is 18.2 Å². The zero-order valence-corrected chi connectivity index (χ0v) is 25.9. The topological polar surface area (TPSA) is 87.3 Å². The van der Waals surface area contributed by atoms with Gasteiger partial charge in [-0.05, 0) is 48.0 Å². The number of nitrogens with one attached hydrogen (secondary N) is 3. The molecule has 47 heavy (non-hydrogen) atoms. The number of hydrogen-bond donors (Lipinski definition) is 3. The molecule has 6 nitrogen and oxygen atoms in total. The minimum atomic E-state index is -5.03. The van der Waals surface area contributed by atoms with Crippen molar-refractivity contribution < 1.29 is 53.9 Å². The smallest absolute Gasteiger partial charge is 0.326 e. The van der Waals surface area contributed by atoms with E-state index in [-0.39, 0.29) is 21.8 Å². The lowest BCUT2D eigenvalue weighted by Crippen LogP contribution is -2.19. The molecule has 1 aliphatic carbocycles. The number of hydrogen-bond acceptors (Lipinski definition) is 4. The lowest BCUT2D eigenvalue weighted by atomic mass is 10.0. The van der Waals surface area contributed by atoms with Crippen molar-refractivity contribution in [1.29, 1.82) is 0 Å². The summed E-state index contributed by atoms with van der Waals surface area (Å²) < 4.78 is 118. The second kappa shape index (κ2) is 13.6. The maximum Gasteiger partial charge on any atom is 0.441 e. The summed E-state index contributed by atoms with van der Waals surface area (Å²) in [5.74, 6) is -10.6. The molecule has 4 rings (SSSR count). The van der Waals surface area contributed by atoms with E-state index in [1.807, 2.05) is 5.32 Å². The van der Waals surface area contributed by atoms with Crippen LogP contribution in [0.3, 0.4) is 0 Å². The molecule has 0 bridgehead atoms. The molecule has 2 atom stereocenters. The van der Waals surface area contributed by atoms with Gasteiger partial charge in [0, 0.05) is 23.8 Å². The van der Waals surface area contributed by atoms with Crippen LogP contribution in [0.5, 0.6) is 0 Å². The third-order valence-corrected chi connectivity index (χ3v) is 8.67. The Morgan fingerprint density at radius 3 is 2.15 bits per heavy atom. The SMILES string of the molecule is O=C(CCSC(F)(F)F)Nc1c(F)ccc(NC(=O)c2cc(NC(=O)[C@H]3[C@H](c4ccc(F)c(C(F)(F)F)c4)C3(Cl)Cl)ccc2Cl)c1F. The maximum atomic E-state index is 15.0. The van der Waals surface area contributed by atoms with E-state index in [2.05, 4.69) is 10.6 Å². The number of carbonyl (C=O) groups excluding carboxylic acids is 3. The van der Waals surface area contributed by atoms with Crippen molar-refractivity contribution in [3.05, 3.63) is 87.7 Å². The first kappa shape index (κ1) is 36.5. The van der Waals surface area contributed by atoms with E-state index in [9.17, 15) is 49.5 Å². The number of carbonyl (C=O) groups is 3. The molecule has 0 unspecified atom stereocenters. The number of amides is 3. The highest BCUT2D eigenvalue weighted by Gasteiger charge is 2.67. The van der Waals surface area contributed by atoms with Gasteiger partial charge in [-0.25, -0.2) is 13.2 Å². The van der Waals surface area contributed by atoms with E-state index < -0.39 is 104 Å². The van der Waals surface area contributed by atoms with Crippen LogP contribution >= 0.6 is 46.6 Å². The first-order valence-corrected chi connectivity index (χ1v) is 15.0. The second-order valence-corrected chi connectivity index (χ2v) is 12.9. The molecule has 0 aromatic heterocycles. The molecule has 0 heterocycles. The fourth-order valence-corrected chi connectivity index (χ4v) is 5.98. The first-order valence-electron chi connectivity index (χ1n) is 12.9. The van der Waals surface area contributed by atoms with Gasteiger partial charge in [-0.2, -0.15) is 26.3 Å². The van der Waals surface area contributed by atoms with Crippen LogP contribution in [0.4, 0.5) is 56.6 Å². The summed E-state index contributed by atoms with van der Waals surface area (Å²) in [7, 11) is 0. The molecule has 3 amide bonds. The van der Waals surface area contributed by atoms with Crippen LogP contribution in [0, 0.1) is 23.4 Å². The number of anilines is 3. The van der Waals surface area contributed by atoms with Gasteiger partial charge in [0.2, 0.25) is 11.8 Å². The van der Waals surface area contributed by atoms with Gasteiger partial charge in [-0.1, -0.05) is 29.4 Å². The van der Waals surface area contributed by atoms with Crippen molar-refractivity contribution >= 4 is 81.3 Å². The average Bonchev–Trinajstić information content (AvgIpc) is 3.54. The highest BCUT2D eigenvalue weighted by molar-refractivity contribution is 8.00. The van der Waals surface area contributed by atoms with Gasteiger partial charge in [0.25, 0.3) is 5.91 Å². The molecule has 0 aliphatic heterocycles. The fraction of sp³-hybridized carbons (Fsp3) is 0.250. The summed E-state index contributed by atoms with van der Waals surface area (Å²) in [6.45, 7) is 0. The minimum Gasteiger partial charge on any atom is -0.326 e. The number of alkyl halides is 8. The standard InChI is InChI=1S/C28H17Cl3F9N3O3S/c29-15-3-2-12(41-25(46)21-20(26(21,30)31)11-1-4-16(32)14(9-11)27(35,36)37)10-13(15)24(45)42-18-6-5-17(33)23(22(18)34)43-19(44)7-8-47-28(38,39)40/h1-6,9-10,20-21H,7-8H2,(H,41,46)(H,42,45)(H,43,44)/t20-,21+/m0/s1. The average molecular weight is 753 g/mol. The number of rotatable bonds is 9. The molecule has 1 fully saturated rings. The lowest BCUT2D eigenvalue weighted by Gasteiger charge is -2.13. The molecular formula is C28H17Cl3F9N3O3S. The summed E-state index contributed by atoms with van der Waals surface area (Å²) in [6.07, 6.45) is -5.76. The molecule has 1 aliphatic rings. The first-order chi connectivity index (χ1) is 21.7. The van der Waals surface area contributed by atoms with Gasteiger partial charge in [0.15, 0.2) is 5.82 Å². The van der Waals surface area contributed by atoms with E-state index in [0.717, 1.165) is 24.3 Å². The Labute approximate surface area is 278 Å². The molecule has 0 spiro atoms. The summed E-state index contributed by atoms with van der Waals surface area (Å²) in [5.41, 5.74) is -8.48. The summed E-state index contributed by atoms with van der Waals surface area (Å²) in [5, 5.41) is 6.11. The van der Waals surface area contributed by atoms with Gasteiger partial charge in [-0.15, -0.1) is 23.2 Å². The predicted octanol–water partition coefficient (Wildman–Crippen LogP) is 9.14. The maximum absolute atomic E-state index is 15.0. The molecule has 19 heteroatoms. The van der Waals surface area contributed by atoms with Crippen molar-refractivity contribution in [1.82, 2.24) is 0 Å². The van der Waals surface area contributed by atoms with E-state index in [1.54, 1.807) is 0 Å². The number of halogens is 12. The van der Waals surface area contributed by atoms with Crippen LogP contribution < -0.4 is 16.0 Å². The normalized spacial score (nSPS) is 17.2. The zero-order chi connectivity index (χ0) is 35.1. The van der Waals surface area contributed by atoms with Crippen molar-refractivity contribution in [3.63, 3.8) is 0 Å². The quantitative estimate of drug-likeness (QED) is 0.150. The predicted molar refractivity (Wildman–Crippen MR) is 158 cm³/mol. The van der Waals surface area contributed by atoms with Crippen molar-refractivity contribution in [2.75, 3.05) is 21.7 Å². The highest BCUT2D eigenvalue weighted by atomic mass is 35.5. The Kier molecular flexibility index (Phi) is 10.6. The summed E-state index contributed by atoms with van der Waals surface area (Å²) >= 11 is 18.0. The van der Waals surface area contributed by atoms with Crippen LogP contribution in [-0.2, 0) is 15.8 Å². The summed E-state index contributed by atoms with van der Waals surface area (Å²) in [6, 6.07) is 6.98. The Balaban J connectivity index is 1.47. The van der Waals surface area contributed by atoms with Crippen molar-refractivity contribution in [2.45, 2.75) is 28.4 Å². The molecular weight excluding hydrogens is 736 g/mol. The number of thioether (sulfide) groups is 1.